The average Bonchev–Trinajstić information content (AvgIpc) is 2.47. The number of esters is 1. The molecule has 1 heterocycles. The van der Waals surface area contributed by atoms with Gasteiger partial charge in [-0.1, -0.05) is 24.3 Å². The summed E-state index contributed by atoms with van der Waals surface area (Å²) in [4.78, 5) is 14.7. The third kappa shape index (κ3) is 3.43. The van der Waals surface area contributed by atoms with Crippen molar-refractivity contribution in [2.45, 2.75) is 19.1 Å². The Kier molecular flexibility index (Phi) is 5.33. The highest BCUT2D eigenvalue weighted by atomic mass is 16.5. The van der Waals surface area contributed by atoms with E-state index in [1.165, 1.54) is 0 Å². The van der Waals surface area contributed by atoms with Crippen LogP contribution in [0.5, 0.6) is 0 Å². The molecule has 0 amide bonds. The van der Waals surface area contributed by atoms with Gasteiger partial charge in [-0.25, -0.2) is 4.79 Å². The molecule has 0 bridgehead atoms. The van der Waals surface area contributed by atoms with Crippen LogP contribution in [-0.4, -0.2) is 51.3 Å². The van der Waals surface area contributed by atoms with Crippen LogP contribution >= 0.6 is 0 Å². The number of rotatable bonds is 6. The van der Waals surface area contributed by atoms with Crippen molar-refractivity contribution in [1.29, 1.82) is 0 Å². The Morgan fingerprint density at radius 3 is 2.90 bits per heavy atom. The molecule has 1 aliphatic rings. The maximum atomic E-state index is 12.6. The second kappa shape index (κ2) is 7.02. The SMILES string of the molecule is CCOC(=O)C1(NCCN(C)C)COCc2ccccc21. The van der Waals surface area contributed by atoms with Gasteiger partial charge in [0.25, 0.3) is 0 Å². The molecule has 0 radical (unpaired) electrons. The molecular weight excluding hydrogens is 268 g/mol. The van der Waals surface area contributed by atoms with Gasteiger partial charge in [-0.3, -0.25) is 5.32 Å². The third-order valence-corrected chi connectivity index (χ3v) is 3.66. The average molecular weight is 292 g/mol. The molecule has 1 N–H and O–H groups in total. The van der Waals surface area contributed by atoms with Gasteiger partial charge in [0.2, 0.25) is 0 Å². The number of nitrogens with zero attached hydrogens (tertiary/aromatic N) is 1. The van der Waals surface area contributed by atoms with E-state index in [1.807, 2.05) is 45.3 Å². The van der Waals surface area contributed by atoms with Crippen molar-refractivity contribution >= 4 is 5.97 Å². The topological polar surface area (TPSA) is 50.8 Å². The first kappa shape index (κ1) is 15.9. The minimum absolute atomic E-state index is 0.268. The summed E-state index contributed by atoms with van der Waals surface area (Å²) in [6.45, 7) is 4.54. The number of nitrogens with one attached hydrogen (secondary N) is 1. The molecule has 0 spiro atoms. The van der Waals surface area contributed by atoms with E-state index >= 15 is 0 Å². The van der Waals surface area contributed by atoms with Gasteiger partial charge in [0, 0.05) is 13.1 Å². The van der Waals surface area contributed by atoms with Crippen LogP contribution in [0, 0.1) is 0 Å². The predicted octanol–water partition coefficient (Wildman–Crippen LogP) is 1.13. The molecule has 0 fully saturated rings. The fraction of sp³-hybridized carbons (Fsp3) is 0.562. The van der Waals surface area contributed by atoms with Crippen molar-refractivity contribution in [3.05, 3.63) is 35.4 Å². The van der Waals surface area contributed by atoms with Crippen LogP contribution in [0.3, 0.4) is 0 Å². The maximum absolute atomic E-state index is 12.6. The molecule has 5 heteroatoms. The van der Waals surface area contributed by atoms with Gasteiger partial charge in [-0.15, -0.1) is 0 Å². The molecule has 0 saturated heterocycles. The van der Waals surface area contributed by atoms with Gasteiger partial charge in [-0.2, -0.15) is 0 Å². The molecule has 0 saturated carbocycles. The lowest BCUT2D eigenvalue weighted by molar-refractivity contribution is -0.156. The van der Waals surface area contributed by atoms with E-state index in [0.29, 0.717) is 26.4 Å². The van der Waals surface area contributed by atoms with E-state index in [9.17, 15) is 4.79 Å². The molecule has 1 aromatic carbocycles. The number of hydrogen-bond donors (Lipinski definition) is 1. The second-order valence-electron chi connectivity index (χ2n) is 5.51. The van der Waals surface area contributed by atoms with Crippen LogP contribution in [0.4, 0.5) is 0 Å². The maximum Gasteiger partial charge on any atom is 0.333 e. The first-order valence-electron chi connectivity index (χ1n) is 7.33. The molecule has 21 heavy (non-hydrogen) atoms. The normalized spacial score (nSPS) is 21.1. The van der Waals surface area contributed by atoms with Crippen molar-refractivity contribution in [2.24, 2.45) is 0 Å². The van der Waals surface area contributed by atoms with Gasteiger partial charge in [0.05, 0.1) is 19.8 Å². The Balaban J connectivity index is 2.30. The molecule has 116 valence electrons. The predicted molar refractivity (Wildman–Crippen MR) is 81.0 cm³/mol. The Labute approximate surface area is 126 Å². The molecule has 0 aliphatic carbocycles. The number of likely N-dealkylation sites (N-methyl/N-ethyl adjacent to an activating group) is 1. The van der Waals surface area contributed by atoms with E-state index in [-0.39, 0.29) is 5.97 Å². The van der Waals surface area contributed by atoms with E-state index in [0.717, 1.165) is 17.7 Å². The van der Waals surface area contributed by atoms with Gasteiger partial charge in [0.15, 0.2) is 5.54 Å². The van der Waals surface area contributed by atoms with Gasteiger partial charge in [-0.05, 0) is 32.1 Å². The zero-order valence-corrected chi connectivity index (χ0v) is 13.0. The molecule has 5 nitrogen and oxygen atoms in total. The monoisotopic (exact) mass is 292 g/mol. The van der Waals surface area contributed by atoms with Crippen LogP contribution in [0.2, 0.25) is 0 Å². The summed E-state index contributed by atoms with van der Waals surface area (Å²) in [5, 5.41) is 3.37. The number of fused-ring (bicyclic) bond motifs is 1. The standard InChI is InChI=1S/C16H24N2O3/c1-4-21-15(19)16(17-9-10-18(2)3)12-20-11-13-7-5-6-8-14(13)16/h5-8,17H,4,9-12H2,1-3H3. The van der Waals surface area contributed by atoms with Crippen molar-refractivity contribution in [1.82, 2.24) is 10.2 Å². The van der Waals surface area contributed by atoms with Gasteiger partial charge in [0.1, 0.15) is 0 Å². The zero-order chi connectivity index (χ0) is 15.3. The highest BCUT2D eigenvalue weighted by Crippen LogP contribution is 2.31. The van der Waals surface area contributed by atoms with Gasteiger partial charge >= 0.3 is 5.97 Å². The summed E-state index contributed by atoms with van der Waals surface area (Å²) >= 11 is 0. The summed E-state index contributed by atoms with van der Waals surface area (Å²) in [5.74, 6) is -0.268. The highest BCUT2D eigenvalue weighted by Gasteiger charge is 2.45. The molecule has 1 unspecified atom stereocenters. The van der Waals surface area contributed by atoms with Crippen molar-refractivity contribution < 1.29 is 14.3 Å². The molecule has 1 atom stereocenters. The largest absolute Gasteiger partial charge is 0.464 e. The zero-order valence-electron chi connectivity index (χ0n) is 13.0. The number of ether oxygens (including phenoxy) is 2. The summed E-state index contributed by atoms with van der Waals surface area (Å²) in [7, 11) is 4.01. The summed E-state index contributed by atoms with van der Waals surface area (Å²) in [5.41, 5.74) is 1.10. The second-order valence-corrected chi connectivity index (χ2v) is 5.51. The lowest BCUT2D eigenvalue weighted by Gasteiger charge is -2.37. The van der Waals surface area contributed by atoms with E-state index in [2.05, 4.69) is 10.2 Å². The fourth-order valence-corrected chi connectivity index (χ4v) is 2.59. The number of hydrogen-bond acceptors (Lipinski definition) is 5. The highest BCUT2D eigenvalue weighted by molar-refractivity contribution is 5.83. The van der Waals surface area contributed by atoms with E-state index in [4.69, 9.17) is 9.47 Å². The smallest absolute Gasteiger partial charge is 0.333 e. The number of carbonyl (C=O) groups is 1. The minimum atomic E-state index is -0.902. The Bertz CT molecular complexity index is 490. The Hall–Kier alpha value is -1.43. The quantitative estimate of drug-likeness (QED) is 0.797. The molecule has 1 aliphatic heterocycles. The lowest BCUT2D eigenvalue weighted by Crippen LogP contribution is -2.56. The van der Waals surface area contributed by atoms with E-state index < -0.39 is 5.54 Å². The van der Waals surface area contributed by atoms with Crippen LogP contribution in [-0.2, 0) is 26.4 Å². The molecule has 2 rings (SSSR count). The first-order chi connectivity index (χ1) is 10.1. The lowest BCUT2D eigenvalue weighted by atomic mass is 9.85. The third-order valence-electron chi connectivity index (χ3n) is 3.66. The number of carbonyl (C=O) groups excluding carboxylic acids is 1. The van der Waals surface area contributed by atoms with Crippen LogP contribution in [0.25, 0.3) is 0 Å². The molecule has 1 aromatic rings. The first-order valence-corrected chi connectivity index (χ1v) is 7.33. The van der Waals surface area contributed by atoms with Crippen LogP contribution in [0.15, 0.2) is 24.3 Å². The minimum Gasteiger partial charge on any atom is -0.464 e. The molecular formula is C16H24N2O3. The molecule has 0 aromatic heterocycles. The van der Waals surface area contributed by atoms with Crippen molar-refractivity contribution in [3.8, 4) is 0 Å². The van der Waals surface area contributed by atoms with E-state index in [1.54, 1.807) is 0 Å². The fourth-order valence-electron chi connectivity index (χ4n) is 2.59. The van der Waals surface area contributed by atoms with Crippen LogP contribution in [0.1, 0.15) is 18.1 Å². The Morgan fingerprint density at radius 2 is 2.19 bits per heavy atom. The van der Waals surface area contributed by atoms with Crippen molar-refractivity contribution in [3.63, 3.8) is 0 Å². The summed E-state index contributed by atoms with van der Waals surface area (Å²) in [6, 6.07) is 7.89. The number of benzene rings is 1. The Morgan fingerprint density at radius 1 is 1.43 bits per heavy atom. The van der Waals surface area contributed by atoms with Crippen molar-refractivity contribution in [2.75, 3.05) is 40.4 Å². The van der Waals surface area contributed by atoms with Gasteiger partial charge < -0.3 is 14.4 Å². The van der Waals surface area contributed by atoms with Crippen LogP contribution < -0.4 is 5.32 Å². The summed E-state index contributed by atoms with van der Waals surface area (Å²) in [6.07, 6.45) is 0. The summed E-state index contributed by atoms with van der Waals surface area (Å²) < 4.78 is 11.0.